The maximum absolute atomic E-state index is 13.3. The van der Waals surface area contributed by atoms with Crippen LogP contribution in [-0.2, 0) is 4.79 Å². The topological polar surface area (TPSA) is 50.4 Å². The summed E-state index contributed by atoms with van der Waals surface area (Å²) >= 11 is 0. The summed E-state index contributed by atoms with van der Waals surface area (Å²) in [5.41, 5.74) is 0. The van der Waals surface area contributed by atoms with Crippen molar-refractivity contribution in [1.29, 1.82) is 0 Å². The molecule has 5 heteroatoms. The average molecular weight is 322 g/mol. The molecule has 128 valence electrons. The molecule has 1 saturated carbocycles. The molecule has 0 radical (unpaired) electrons. The summed E-state index contributed by atoms with van der Waals surface area (Å²) in [5.74, 6) is -0.278. The Labute approximate surface area is 137 Å². The number of rotatable bonds is 8. The van der Waals surface area contributed by atoms with Gasteiger partial charge in [0.05, 0.1) is 13.0 Å². The van der Waals surface area contributed by atoms with Crippen molar-refractivity contribution >= 4 is 5.91 Å². The lowest BCUT2D eigenvalue weighted by Gasteiger charge is -2.16. The maximum Gasteiger partial charge on any atom is 0.223 e. The number of benzene rings is 1. The minimum absolute atomic E-state index is 0.0657. The van der Waals surface area contributed by atoms with Crippen LogP contribution in [0.4, 0.5) is 4.39 Å². The van der Waals surface area contributed by atoms with Crippen LogP contribution in [0.2, 0.25) is 0 Å². The number of ether oxygens (including phenoxy) is 1. The summed E-state index contributed by atoms with van der Waals surface area (Å²) in [6, 6.07) is 6.81. The molecule has 0 aromatic heterocycles. The Kier molecular flexibility index (Phi) is 7.87. The van der Waals surface area contributed by atoms with E-state index in [0.717, 1.165) is 6.54 Å². The molecular weight excluding hydrogens is 295 g/mol. The molecule has 0 aliphatic heterocycles. The lowest BCUT2D eigenvalue weighted by atomic mass is 10.1. The van der Waals surface area contributed by atoms with Crippen LogP contribution in [0, 0.1) is 5.82 Å². The van der Waals surface area contributed by atoms with Gasteiger partial charge in [0, 0.05) is 19.1 Å². The second-order valence-corrected chi connectivity index (χ2v) is 6.02. The van der Waals surface area contributed by atoms with E-state index in [4.69, 9.17) is 4.74 Å². The highest BCUT2D eigenvalue weighted by Gasteiger charge is 2.11. The van der Waals surface area contributed by atoms with Crippen molar-refractivity contribution in [3.8, 4) is 5.75 Å². The molecule has 1 aliphatic carbocycles. The third kappa shape index (κ3) is 6.99. The predicted molar refractivity (Wildman–Crippen MR) is 89.0 cm³/mol. The van der Waals surface area contributed by atoms with E-state index in [-0.39, 0.29) is 24.7 Å². The molecule has 1 aromatic rings. The van der Waals surface area contributed by atoms with Crippen LogP contribution in [0.1, 0.15) is 44.9 Å². The largest absolute Gasteiger partial charge is 0.490 e. The highest BCUT2D eigenvalue weighted by Crippen LogP contribution is 2.17. The van der Waals surface area contributed by atoms with Crippen LogP contribution in [0.15, 0.2) is 24.3 Å². The van der Waals surface area contributed by atoms with E-state index in [0.29, 0.717) is 12.6 Å². The number of carbonyl (C=O) groups is 1. The van der Waals surface area contributed by atoms with Gasteiger partial charge in [0.1, 0.15) is 0 Å². The molecule has 2 N–H and O–H groups in total. The van der Waals surface area contributed by atoms with Gasteiger partial charge in [-0.2, -0.15) is 0 Å². The van der Waals surface area contributed by atoms with Gasteiger partial charge in [-0.25, -0.2) is 4.39 Å². The lowest BCUT2D eigenvalue weighted by Crippen LogP contribution is -2.37. The van der Waals surface area contributed by atoms with E-state index in [2.05, 4.69) is 10.6 Å². The molecule has 0 unspecified atom stereocenters. The molecule has 0 bridgehead atoms. The van der Waals surface area contributed by atoms with Crippen LogP contribution in [-0.4, -0.2) is 31.6 Å². The fraction of sp³-hybridized carbons (Fsp3) is 0.611. The van der Waals surface area contributed by atoms with Gasteiger partial charge in [-0.1, -0.05) is 37.8 Å². The molecule has 1 fully saturated rings. The average Bonchev–Trinajstić information content (AvgIpc) is 2.82. The monoisotopic (exact) mass is 322 g/mol. The summed E-state index contributed by atoms with van der Waals surface area (Å²) in [7, 11) is 0. The molecule has 0 saturated heterocycles. The lowest BCUT2D eigenvalue weighted by molar-refractivity contribution is -0.121. The van der Waals surface area contributed by atoms with E-state index >= 15 is 0 Å². The van der Waals surface area contributed by atoms with Crippen molar-refractivity contribution in [1.82, 2.24) is 10.6 Å². The number of amides is 1. The van der Waals surface area contributed by atoms with E-state index in [1.165, 1.54) is 44.6 Å². The van der Waals surface area contributed by atoms with E-state index < -0.39 is 5.82 Å². The summed E-state index contributed by atoms with van der Waals surface area (Å²) in [5, 5.41) is 6.37. The van der Waals surface area contributed by atoms with Gasteiger partial charge in [-0.15, -0.1) is 0 Å². The molecule has 1 aliphatic rings. The first-order valence-corrected chi connectivity index (χ1v) is 8.63. The molecule has 1 aromatic carbocycles. The summed E-state index contributed by atoms with van der Waals surface area (Å²) in [4.78, 5) is 11.7. The molecule has 0 atom stereocenters. The summed E-state index contributed by atoms with van der Waals surface area (Å²) in [6.45, 7) is 1.60. The Hall–Kier alpha value is -1.62. The Balaban J connectivity index is 1.52. The van der Waals surface area contributed by atoms with Gasteiger partial charge < -0.3 is 15.4 Å². The Morgan fingerprint density at radius 1 is 1.13 bits per heavy atom. The molecule has 0 spiro atoms. The van der Waals surface area contributed by atoms with Crippen molar-refractivity contribution in [2.45, 2.75) is 51.0 Å². The fourth-order valence-electron chi connectivity index (χ4n) is 2.87. The number of carbonyl (C=O) groups excluding carboxylic acids is 1. The number of nitrogens with one attached hydrogen (secondary N) is 2. The minimum atomic E-state index is -0.402. The predicted octanol–water partition coefficient (Wildman–Crippen LogP) is 3.02. The van der Waals surface area contributed by atoms with Gasteiger partial charge in [-0.3, -0.25) is 4.79 Å². The smallest absolute Gasteiger partial charge is 0.223 e. The fourth-order valence-corrected chi connectivity index (χ4v) is 2.87. The molecule has 4 nitrogen and oxygen atoms in total. The van der Waals surface area contributed by atoms with Crippen LogP contribution in [0.5, 0.6) is 5.75 Å². The second kappa shape index (κ2) is 10.2. The van der Waals surface area contributed by atoms with E-state index in [1.807, 2.05) is 0 Å². The maximum atomic E-state index is 13.3. The molecular formula is C18H27FN2O2. The standard InChI is InChI=1S/C18H27FN2O2/c19-16-9-5-6-10-17(16)23-14-11-18(22)21-13-12-20-15-7-3-1-2-4-8-15/h5-6,9-10,15,20H,1-4,7-8,11-14H2,(H,21,22). The first-order chi connectivity index (χ1) is 11.3. The van der Waals surface area contributed by atoms with Crippen molar-refractivity contribution in [3.05, 3.63) is 30.1 Å². The van der Waals surface area contributed by atoms with Gasteiger partial charge in [0.2, 0.25) is 5.91 Å². The van der Waals surface area contributed by atoms with Crippen LogP contribution < -0.4 is 15.4 Å². The third-order valence-electron chi connectivity index (χ3n) is 4.16. The highest BCUT2D eigenvalue weighted by molar-refractivity contribution is 5.75. The van der Waals surface area contributed by atoms with Crippen molar-refractivity contribution < 1.29 is 13.9 Å². The quantitative estimate of drug-likeness (QED) is 0.571. The van der Waals surface area contributed by atoms with Crippen molar-refractivity contribution in [3.63, 3.8) is 0 Å². The number of para-hydroxylation sites is 1. The summed E-state index contributed by atoms with van der Waals surface area (Å²) in [6.07, 6.45) is 8.01. The van der Waals surface area contributed by atoms with Gasteiger partial charge in [0.15, 0.2) is 11.6 Å². The zero-order valence-electron chi connectivity index (χ0n) is 13.7. The summed E-state index contributed by atoms with van der Waals surface area (Å²) < 4.78 is 18.6. The van der Waals surface area contributed by atoms with Crippen molar-refractivity contribution in [2.75, 3.05) is 19.7 Å². The minimum Gasteiger partial charge on any atom is -0.490 e. The van der Waals surface area contributed by atoms with Crippen LogP contribution in [0.25, 0.3) is 0 Å². The Morgan fingerprint density at radius 3 is 2.61 bits per heavy atom. The molecule has 0 heterocycles. The number of halogens is 1. The van der Waals surface area contributed by atoms with E-state index in [9.17, 15) is 9.18 Å². The van der Waals surface area contributed by atoms with Crippen molar-refractivity contribution in [2.24, 2.45) is 0 Å². The zero-order valence-corrected chi connectivity index (χ0v) is 13.7. The van der Waals surface area contributed by atoms with Gasteiger partial charge >= 0.3 is 0 Å². The second-order valence-electron chi connectivity index (χ2n) is 6.02. The first-order valence-electron chi connectivity index (χ1n) is 8.63. The normalized spacial score (nSPS) is 15.9. The molecule has 23 heavy (non-hydrogen) atoms. The number of hydrogen-bond acceptors (Lipinski definition) is 3. The van der Waals surface area contributed by atoms with Gasteiger partial charge in [0.25, 0.3) is 0 Å². The third-order valence-corrected chi connectivity index (χ3v) is 4.16. The first kappa shape index (κ1) is 17.7. The van der Waals surface area contributed by atoms with E-state index in [1.54, 1.807) is 18.2 Å². The highest BCUT2D eigenvalue weighted by atomic mass is 19.1. The molecule has 2 rings (SSSR count). The van der Waals surface area contributed by atoms with Crippen LogP contribution in [0.3, 0.4) is 0 Å². The van der Waals surface area contributed by atoms with Crippen LogP contribution >= 0.6 is 0 Å². The molecule has 1 amide bonds. The van der Waals surface area contributed by atoms with Gasteiger partial charge in [-0.05, 0) is 25.0 Å². The Bertz CT molecular complexity index is 474. The Morgan fingerprint density at radius 2 is 1.87 bits per heavy atom. The number of hydrogen-bond donors (Lipinski definition) is 2. The SMILES string of the molecule is O=C(CCOc1ccccc1F)NCCNC1CCCCCC1. The zero-order chi connectivity index (χ0) is 16.3.